The van der Waals surface area contributed by atoms with Gasteiger partial charge in [-0.1, -0.05) is 12.1 Å². The van der Waals surface area contributed by atoms with Gasteiger partial charge in [-0.15, -0.1) is 0 Å². The van der Waals surface area contributed by atoms with Gasteiger partial charge in [-0.25, -0.2) is 0 Å². The summed E-state index contributed by atoms with van der Waals surface area (Å²) < 4.78 is 16.1. The van der Waals surface area contributed by atoms with Gasteiger partial charge in [-0.05, 0) is 36.4 Å². The van der Waals surface area contributed by atoms with Crippen LogP contribution >= 0.6 is 0 Å². The molecular formula is C21H17NO6. The van der Waals surface area contributed by atoms with E-state index in [4.69, 9.17) is 13.6 Å². The average molecular weight is 379 g/mol. The molecule has 0 bridgehead atoms. The fourth-order valence-electron chi connectivity index (χ4n) is 3.34. The molecule has 1 aliphatic rings. The lowest BCUT2D eigenvalue weighted by Crippen LogP contribution is -2.28. The van der Waals surface area contributed by atoms with E-state index in [1.807, 2.05) is 0 Å². The fourth-order valence-corrected chi connectivity index (χ4v) is 3.34. The largest absolute Gasteiger partial charge is 0.507 e. The number of nitrogens with zero attached hydrogens (tertiary/aromatic N) is 1. The van der Waals surface area contributed by atoms with E-state index in [0.717, 1.165) is 0 Å². The Hall–Kier alpha value is -3.74. The lowest BCUT2D eigenvalue weighted by Gasteiger charge is -2.22. The lowest BCUT2D eigenvalue weighted by atomic mass is 9.99. The molecule has 4 rings (SSSR count). The summed E-state index contributed by atoms with van der Waals surface area (Å²) in [4.78, 5) is 26.9. The van der Waals surface area contributed by atoms with E-state index < -0.39 is 17.7 Å². The SMILES string of the molecule is COc1ccccc1/C(O)=C1/C(=O)C(=O)N(Cc2ccco2)C1c1ccco1. The molecule has 1 saturated heterocycles. The van der Waals surface area contributed by atoms with Gasteiger partial charge in [0.25, 0.3) is 11.7 Å². The Morgan fingerprint density at radius 1 is 1.07 bits per heavy atom. The molecule has 1 atom stereocenters. The highest BCUT2D eigenvalue weighted by Crippen LogP contribution is 2.41. The van der Waals surface area contributed by atoms with Crippen molar-refractivity contribution in [1.82, 2.24) is 4.90 Å². The maximum atomic E-state index is 12.8. The van der Waals surface area contributed by atoms with Crippen LogP contribution in [0.1, 0.15) is 23.1 Å². The van der Waals surface area contributed by atoms with Crippen molar-refractivity contribution in [3.05, 3.63) is 83.7 Å². The molecule has 0 radical (unpaired) electrons. The minimum Gasteiger partial charge on any atom is -0.507 e. The number of benzene rings is 1. The molecule has 3 aromatic rings. The van der Waals surface area contributed by atoms with Crippen LogP contribution in [0.15, 0.2) is 75.5 Å². The number of aliphatic hydroxyl groups excluding tert-OH is 1. The predicted molar refractivity (Wildman–Crippen MR) is 98.3 cm³/mol. The number of carbonyl (C=O) groups is 2. The van der Waals surface area contributed by atoms with E-state index >= 15 is 0 Å². The summed E-state index contributed by atoms with van der Waals surface area (Å²) in [6, 6.07) is 12.6. The third-order valence-corrected chi connectivity index (χ3v) is 4.62. The van der Waals surface area contributed by atoms with Crippen molar-refractivity contribution >= 4 is 17.4 Å². The number of ether oxygens (including phenoxy) is 1. The molecule has 1 unspecified atom stereocenters. The quantitative estimate of drug-likeness (QED) is 0.414. The second-order valence-corrected chi connectivity index (χ2v) is 6.22. The Morgan fingerprint density at radius 3 is 2.50 bits per heavy atom. The Balaban J connectivity index is 1.87. The normalized spacial score (nSPS) is 18.6. The van der Waals surface area contributed by atoms with Gasteiger partial charge in [-0.2, -0.15) is 0 Å². The van der Waals surface area contributed by atoms with Crippen molar-refractivity contribution in [3.63, 3.8) is 0 Å². The number of hydrogen-bond acceptors (Lipinski definition) is 6. The summed E-state index contributed by atoms with van der Waals surface area (Å²) in [5.74, 6) is -0.599. The topological polar surface area (TPSA) is 93.1 Å². The third-order valence-electron chi connectivity index (χ3n) is 4.62. The average Bonchev–Trinajstić information content (AvgIpc) is 3.46. The zero-order valence-corrected chi connectivity index (χ0v) is 15.0. The van der Waals surface area contributed by atoms with Gasteiger partial charge in [0, 0.05) is 0 Å². The van der Waals surface area contributed by atoms with Crippen molar-refractivity contribution in [1.29, 1.82) is 0 Å². The molecule has 1 N–H and O–H groups in total. The highest BCUT2D eigenvalue weighted by atomic mass is 16.5. The maximum absolute atomic E-state index is 12.8. The third kappa shape index (κ3) is 2.87. The fraction of sp³-hybridized carbons (Fsp3) is 0.143. The van der Waals surface area contributed by atoms with Crippen LogP contribution in [0.2, 0.25) is 0 Å². The van der Waals surface area contributed by atoms with Gasteiger partial charge in [0.05, 0.1) is 37.3 Å². The Bertz CT molecular complexity index is 1030. The number of amides is 1. The second kappa shape index (κ2) is 7.11. The van der Waals surface area contributed by atoms with Crippen LogP contribution in [0.5, 0.6) is 5.75 Å². The number of furan rings is 2. The number of para-hydroxylation sites is 1. The van der Waals surface area contributed by atoms with Gasteiger partial charge in [0.15, 0.2) is 0 Å². The summed E-state index contributed by atoms with van der Waals surface area (Å²) in [6.45, 7) is 0.0612. The van der Waals surface area contributed by atoms with Crippen LogP contribution in [-0.4, -0.2) is 28.8 Å². The summed E-state index contributed by atoms with van der Waals surface area (Å²) in [5, 5.41) is 11.0. The monoisotopic (exact) mass is 379 g/mol. The van der Waals surface area contributed by atoms with E-state index in [1.165, 1.54) is 24.5 Å². The highest BCUT2D eigenvalue weighted by Gasteiger charge is 2.47. The predicted octanol–water partition coefficient (Wildman–Crippen LogP) is 3.50. The van der Waals surface area contributed by atoms with Crippen molar-refractivity contribution in [2.45, 2.75) is 12.6 Å². The molecule has 0 aliphatic carbocycles. The van der Waals surface area contributed by atoms with Crippen LogP contribution in [0, 0.1) is 0 Å². The first-order chi connectivity index (χ1) is 13.6. The number of ketones is 1. The molecule has 2 aromatic heterocycles. The zero-order chi connectivity index (χ0) is 19.7. The first-order valence-corrected chi connectivity index (χ1v) is 8.59. The first-order valence-electron chi connectivity index (χ1n) is 8.59. The summed E-state index contributed by atoms with van der Waals surface area (Å²) in [5.41, 5.74) is 0.258. The van der Waals surface area contributed by atoms with Crippen molar-refractivity contribution in [2.24, 2.45) is 0 Å². The molecular weight excluding hydrogens is 362 g/mol. The molecule has 7 nitrogen and oxygen atoms in total. The van der Waals surface area contributed by atoms with Crippen LogP contribution in [0.3, 0.4) is 0 Å². The smallest absolute Gasteiger partial charge is 0.296 e. The van der Waals surface area contributed by atoms with Crippen LogP contribution in [0.4, 0.5) is 0 Å². The molecule has 1 fully saturated rings. The van der Waals surface area contributed by atoms with Gasteiger partial charge in [0.1, 0.15) is 29.1 Å². The Labute approximate surface area is 160 Å². The number of carbonyl (C=O) groups excluding carboxylic acids is 2. The number of methoxy groups -OCH3 is 1. The second-order valence-electron chi connectivity index (χ2n) is 6.22. The van der Waals surface area contributed by atoms with Crippen molar-refractivity contribution < 1.29 is 28.3 Å². The summed E-state index contributed by atoms with van der Waals surface area (Å²) in [6.07, 6.45) is 2.94. The molecule has 142 valence electrons. The molecule has 0 spiro atoms. The first kappa shape index (κ1) is 17.7. The number of likely N-dealkylation sites (tertiary alicyclic amines) is 1. The van der Waals surface area contributed by atoms with Crippen LogP contribution in [-0.2, 0) is 16.1 Å². The molecule has 0 saturated carbocycles. The Morgan fingerprint density at radius 2 is 1.82 bits per heavy atom. The minimum atomic E-state index is -0.884. The summed E-state index contributed by atoms with van der Waals surface area (Å²) in [7, 11) is 1.46. The van der Waals surface area contributed by atoms with E-state index in [2.05, 4.69) is 0 Å². The van der Waals surface area contributed by atoms with E-state index in [-0.39, 0.29) is 17.9 Å². The van der Waals surface area contributed by atoms with E-state index in [9.17, 15) is 14.7 Å². The minimum absolute atomic E-state index is 0.0593. The molecule has 7 heteroatoms. The molecule has 1 amide bonds. The van der Waals surface area contributed by atoms with Gasteiger partial charge in [0.2, 0.25) is 0 Å². The van der Waals surface area contributed by atoms with Gasteiger partial charge < -0.3 is 23.6 Å². The number of aliphatic hydroxyl groups is 1. The highest BCUT2D eigenvalue weighted by molar-refractivity contribution is 6.46. The maximum Gasteiger partial charge on any atom is 0.296 e. The van der Waals surface area contributed by atoms with Gasteiger partial charge in [-0.3, -0.25) is 9.59 Å². The molecule has 3 heterocycles. The number of rotatable bonds is 5. The van der Waals surface area contributed by atoms with Crippen molar-refractivity contribution in [2.75, 3.05) is 7.11 Å². The standard InChI is InChI=1S/C21H17NO6/c1-26-15-8-3-2-7-14(15)19(23)17-18(16-9-5-11-28-16)22(21(25)20(17)24)12-13-6-4-10-27-13/h2-11,18,23H,12H2,1H3/b19-17-. The van der Waals surface area contributed by atoms with Crippen LogP contribution < -0.4 is 4.74 Å². The zero-order valence-electron chi connectivity index (χ0n) is 15.0. The molecule has 1 aromatic carbocycles. The number of Topliss-reactive ketones (excluding diaryl/α,β-unsaturated/α-hetero) is 1. The molecule has 1 aliphatic heterocycles. The van der Waals surface area contributed by atoms with Crippen LogP contribution in [0.25, 0.3) is 5.76 Å². The number of hydrogen-bond donors (Lipinski definition) is 1. The molecule has 28 heavy (non-hydrogen) atoms. The van der Waals surface area contributed by atoms with E-state index in [1.54, 1.807) is 48.5 Å². The van der Waals surface area contributed by atoms with E-state index in [0.29, 0.717) is 22.8 Å². The summed E-state index contributed by atoms with van der Waals surface area (Å²) >= 11 is 0. The Kier molecular flexibility index (Phi) is 4.49. The lowest BCUT2D eigenvalue weighted by molar-refractivity contribution is -0.140. The van der Waals surface area contributed by atoms with Gasteiger partial charge >= 0.3 is 0 Å². The van der Waals surface area contributed by atoms with Crippen molar-refractivity contribution in [3.8, 4) is 5.75 Å².